The lowest BCUT2D eigenvalue weighted by Crippen LogP contribution is -2.49. The summed E-state index contributed by atoms with van der Waals surface area (Å²) in [5.41, 5.74) is 2.71. The molecule has 1 fully saturated rings. The molecular weight excluding hydrogens is 397 g/mol. The average molecular weight is 420 g/mol. The molecular formula is C21H23Cl2N3O2. The Hall–Kier alpha value is -2.24. The number of carbonyl (C=O) groups excluding carboxylic acids is 2. The summed E-state index contributed by atoms with van der Waals surface area (Å²) < 4.78 is 0. The summed E-state index contributed by atoms with van der Waals surface area (Å²) >= 11 is 12.1. The van der Waals surface area contributed by atoms with Crippen molar-refractivity contribution in [2.75, 3.05) is 37.6 Å². The third-order valence-electron chi connectivity index (χ3n) is 4.89. The van der Waals surface area contributed by atoms with Crippen molar-refractivity contribution >= 4 is 40.7 Å². The number of rotatable bonds is 5. The van der Waals surface area contributed by atoms with E-state index in [9.17, 15) is 9.59 Å². The summed E-state index contributed by atoms with van der Waals surface area (Å²) in [5, 5.41) is 3.88. The molecule has 0 bridgehead atoms. The van der Waals surface area contributed by atoms with Gasteiger partial charge in [-0.25, -0.2) is 0 Å². The monoisotopic (exact) mass is 419 g/mol. The number of hydrogen-bond acceptors (Lipinski definition) is 3. The number of benzene rings is 2. The Morgan fingerprint density at radius 1 is 1.04 bits per heavy atom. The van der Waals surface area contributed by atoms with Crippen molar-refractivity contribution < 1.29 is 9.59 Å². The van der Waals surface area contributed by atoms with E-state index >= 15 is 0 Å². The van der Waals surface area contributed by atoms with Gasteiger partial charge in [0.05, 0.1) is 10.6 Å². The molecule has 5 nitrogen and oxygen atoms in total. The fourth-order valence-electron chi connectivity index (χ4n) is 3.30. The Balaban J connectivity index is 1.46. The highest BCUT2D eigenvalue weighted by molar-refractivity contribution is 6.33. The second-order valence-corrected chi connectivity index (χ2v) is 7.63. The molecule has 7 heteroatoms. The highest BCUT2D eigenvalue weighted by Crippen LogP contribution is 2.25. The zero-order valence-corrected chi connectivity index (χ0v) is 17.3. The number of piperazine rings is 1. The number of halogens is 2. The average Bonchev–Trinajstić information content (AvgIpc) is 2.70. The van der Waals surface area contributed by atoms with Gasteiger partial charge in [-0.2, -0.15) is 0 Å². The maximum Gasteiger partial charge on any atom is 0.252 e. The first-order chi connectivity index (χ1) is 13.5. The SMILES string of the molecule is Cc1ccc(Cl)cc1N1CCN(C(=O)CCNC(=O)c2ccccc2Cl)CC1. The molecule has 0 spiro atoms. The van der Waals surface area contributed by atoms with Crippen LogP contribution in [0.4, 0.5) is 5.69 Å². The van der Waals surface area contributed by atoms with Crippen LogP contribution in [0.25, 0.3) is 0 Å². The van der Waals surface area contributed by atoms with E-state index in [1.807, 2.05) is 23.1 Å². The molecule has 2 amide bonds. The molecule has 0 unspecified atom stereocenters. The number of hydrogen-bond donors (Lipinski definition) is 1. The van der Waals surface area contributed by atoms with Gasteiger partial charge in [0.15, 0.2) is 0 Å². The number of aryl methyl sites for hydroxylation is 1. The van der Waals surface area contributed by atoms with Crippen molar-refractivity contribution in [1.29, 1.82) is 0 Å². The Bertz CT molecular complexity index is 864. The molecule has 1 N–H and O–H groups in total. The van der Waals surface area contributed by atoms with Gasteiger partial charge in [-0.15, -0.1) is 0 Å². The predicted octanol–water partition coefficient (Wildman–Crippen LogP) is 3.77. The fraction of sp³-hybridized carbons (Fsp3) is 0.333. The second kappa shape index (κ2) is 9.30. The van der Waals surface area contributed by atoms with Crippen LogP contribution in [0.3, 0.4) is 0 Å². The van der Waals surface area contributed by atoms with Gasteiger partial charge in [-0.05, 0) is 36.8 Å². The molecule has 2 aromatic rings. The van der Waals surface area contributed by atoms with Crippen molar-refractivity contribution in [1.82, 2.24) is 10.2 Å². The van der Waals surface area contributed by atoms with Gasteiger partial charge < -0.3 is 15.1 Å². The van der Waals surface area contributed by atoms with E-state index in [-0.39, 0.29) is 24.8 Å². The van der Waals surface area contributed by atoms with Gasteiger partial charge in [-0.3, -0.25) is 9.59 Å². The molecule has 0 atom stereocenters. The van der Waals surface area contributed by atoms with Crippen molar-refractivity contribution in [3.63, 3.8) is 0 Å². The van der Waals surface area contributed by atoms with Gasteiger partial charge in [0, 0.05) is 49.9 Å². The van der Waals surface area contributed by atoms with Crippen LogP contribution >= 0.6 is 23.2 Å². The van der Waals surface area contributed by atoms with E-state index < -0.39 is 0 Å². The molecule has 0 saturated carbocycles. The maximum atomic E-state index is 12.5. The van der Waals surface area contributed by atoms with Gasteiger partial charge >= 0.3 is 0 Å². The van der Waals surface area contributed by atoms with Crippen LogP contribution in [0.5, 0.6) is 0 Å². The van der Waals surface area contributed by atoms with Crippen LogP contribution in [-0.4, -0.2) is 49.4 Å². The highest BCUT2D eigenvalue weighted by Gasteiger charge is 2.22. The number of nitrogens with one attached hydrogen (secondary N) is 1. The summed E-state index contributed by atoms with van der Waals surface area (Å²) in [6.07, 6.45) is 0.270. The highest BCUT2D eigenvalue weighted by atomic mass is 35.5. The van der Waals surface area contributed by atoms with Gasteiger partial charge in [0.1, 0.15) is 0 Å². The maximum absolute atomic E-state index is 12.5. The van der Waals surface area contributed by atoms with Crippen LogP contribution in [-0.2, 0) is 4.79 Å². The Labute approximate surface area is 175 Å². The molecule has 0 radical (unpaired) electrons. The summed E-state index contributed by atoms with van der Waals surface area (Å²) in [6, 6.07) is 12.7. The molecule has 148 valence electrons. The van der Waals surface area contributed by atoms with Gasteiger partial charge in [0.25, 0.3) is 5.91 Å². The topological polar surface area (TPSA) is 52.6 Å². The van der Waals surface area contributed by atoms with Crippen LogP contribution in [0.2, 0.25) is 10.0 Å². The smallest absolute Gasteiger partial charge is 0.252 e. The summed E-state index contributed by atoms with van der Waals surface area (Å²) in [4.78, 5) is 28.7. The minimum atomic E-state index is -0.264. The molecule has 0 aliphatic carbocycles. The number of amides is 2. The van der Waals surface area contributed by atoms with Gasteiger partial charge in [-0.1, -0.05) is 41.4 Å². The quantitative estimate of drug-likeness (QED) is 0.802. The van der Waals surface area contributed by atoms with Crippen molar-refractivity contribution in [2.24, 2.45) is 0 Å². The lowest BCUT2D eigenvalue weighted by molar-refractivity contribution is -0.131. The minimum absolute atomic E-state index is 0.0434. The predicted molar refractivity (Wildman–Crippen MR) is 113 cm³/mol. The number of anilines is 1. The standard InChI is InChI=1S/C21H23Cl2N3O2/c1-15-6-7-16(22)14-19(15)25-10-12-26(13-11-25)20(27)8-9-24-21(28)17-4-2-3-5-18(17)23/h2-7,14H,8-13H2,1H3,(H,24,28). The third kappa shape index (κ3) is 4.97. The second-order valence-electron chi connectivity index (χ2n) is 6.78. The summed E-state index contributed by atoms with van der Waals surface area (Å²) in [7, 11) is 0. The molecule has 1 saturated heterocycles. The van der Waals surface area contributed by atoms with E-state index in [0.29, 0.717) is 28.7 Å². The van der Waals surface area contributed by atoms with Crippen LogP contribution < -0.4 is 10.2 Å². The molecule has 1 aliphatic heterocycles. The number of nitrogens with zero attached hydrogens (tertiary/aromatic N) is 2. The van der Waals surface area contributed by atoms with E-state index in [1.54, 1.807) is 24.3 Å². The summed E-state index contributed by atoms with van der Waals surface area (Å²) in [6.45, 7) is 5.19. The molecule has 3 rings (SSSR count). The first kappa shape index (κ1) is 20.5. The lowest BCUT2D eigenvalue weighted by Gasteiger charge is -2.37. The molecule has 0 aromatic heterocycles. The Morgan fingerprint density at radius 2 is 1.75 bits per heavy atom. The molecule has 2 aromatic carbocycles. The molecule has 1 aliphatic rings. The molecule has 1 heterocycles. The first-order valence-electron chi connectivity index (χ1n) is 9.27. The summed E-state index contributed by atoms with van der Waals surface area (Å²) in [5.74, 6) is -0.221. The minimum Gasteiger partial charge on any atom is -0.368 e. The zero-order chi connectivity index (χ0) is 20.1. The van der Waals surface area contributed by atoms with Crippen LogP contribution in [0.1, 0.15) is 22.3 Å². The van der Waals surface area contributed by atoms with Crippen molar-refractivity contribution in [3.8, 4) is 0 Å². The van der Waals surface area contributed by atoms with E-state index in [0.717, 1.165) is 18.8 Å². The van der Waals surface area contributed by atoms with Gasteiger partial charge in [0.2, 0.25) is 5.91 Å². The van der Waals surface area contributed by atoms with Crippen LogP contribution in [0.15, 0.2) is 42.5 Å². The van der Waals surface area contributed by atoms with Crippen LogP contribution in [0, 0.1) is 6.92 Å². The lowest BCUT2D eigenvalue weighted by atomic mass is 10.1. The van der Waals surface area contributed by atoms with Crippen molar-refractivity contribution in [2.45, 2.75) is 13.3 Å². The Kier molecular flexibility index (Phi) is 6.81. The third-order valence-corrected chi connectivity index (χ3v) is 5.45. The zero-order valence-electron chi connectivity index (χ0n) is 15.8. The Morgan fingerprint density at radius 3 is 2.46 bits per heavy atom. The normalized spacial score (nSPS) is 14.1. The van der Waals surface area contributed by atoms with E-state index in [4.69, 9.17) is 23.2 Å². The largest absolute Gasteiger partial charge is 0.368 e. The molecule has 28 heavy (non-hydrogen) atoms. The van der Waals surface area contributed by atoms with E-state index in [1.165, 1.54) is 5.56 Å². The van der Waals surface area contributed by atoms with E-state index in [2.05, 4.69) is 17.1 Å². The first-order valence-corrected chi connectivity index (χ1v) is 10.0. The number of carbonyl (C=O) groups is 2. The fourth-order valence-corrected chi connectivity index (χ4v) is 3.69. The van der Waals surface area contributed by atoms with Crippen molar-refractivity contribution in [3.05, 3.63) is 63.6 Å².